The summed E-state index contributed by atoms with van der Waals surface area (Å²) < 4.78 is 75.9. The van der Waals surface area contributed by atoms with E-state index in [2.05, 4.69) is 30.5 Å². The number of nitrogens with zero attached hydrogens (tertiary/aromatic N) is 8. The van der Waals surface area contributed by atoms with Gasteiger partial charge in [-0.2, -0.15) is 15.2 Å². The largest absolute Gasteiger partial charge is 0.467 e. The van der Waals surface area contributed by atoms with Crippen molar-refractivity contribution in [3.05, 3.63) is 81.5 Å². The van der Waals surface area contributed by atoms with E-state index in [1.54, 1.807) is 21.1 Å². The monoisotopic (exact) mass is 1280 g/mol. The molecule has 6 aliphatic rings. The predicted octanol–water partition coefficient (Wildman–Crippen LogP) is 10.4. The van der Waals surface area contributed by atoms with Gasteiger partial charge in [0.1, 0.15) is 46.2 Å². The second-order valence-corrected chi connectivity index (χ2v) is 27.5. The standard InChI is InChI=1S/C35H51N5O5S.C29H23ClF4N6O2S/c1-24-31(46-23-37-24)26-12-10-25(11-13-26)21-36-33(42)29-9-6-16-40(29)34(43)32(35(2,3)4)38-30(41)14-19-44-17-7-18-45-28-20-27-8-5-15-39(27)22-28;1-42-27-37-22-14(9-17(30)20(21(22)32)13-3-4-18(31)23-19(13)15(11-35)24(36)43-23)25(38-27)39-8-6-28(12-39)5-2-7-40(28)26(41)16-10-29(16,33)34/h10-13,23,27-29,32H,5-9,14-22H2,1-4H3,(H,36,42)(H,38,41);3-4,9,16H,2,5-8,10,12,36H2,1H3. The quantitative estimate of drug-likeness (QED) is 0.0538. The van der Waals surface area contributed by atoms with E-state index in [1.165, 1.54) is 38.6 Å². The number of thiophene rings is 1. The molecular weight excluding hydrogens is 1210 g/mol. The van der Waals surface area contributed by atoms with Crippen LogP contribution >= 0.6 is 34.3 Å². The number of methoxy groups -OCH3 is 1. The van der Waals surface area contributed by atoms with Crippen LogP contribution in [-0.4, -0.2) is 155 Å². The first-order valence-electron chi connectivity index (χ1n) is 30.5. The Balaban J connectivity index is 0.000000184. The number of carbonyl (C=O) groups is 4. The van der Waals surface area contributed by atoms with E-state index >= 15 is 4.39 Å². The zero-order chi connectivity index (χ0) is 63.1. The number of carbonyl (C=O) groups excluding carboxylic acids is 4. The second kappa shape index (κ2) is 26.2. The fraction of sp³-hybridized carbons (Fsp3) is 0.531. The summed E-state index contributed by atoms with van der Waals surface area (Å²) in [5, 5.41) is 16.2. The summed E-state index contributed by atoms with van der Waals surface area (Å²) in [7, 11) is 1.34. The number of ether oxygens (including phenoxy) is 3. The fourth-order valence-corrected chi connectivity index (χ4v) is 15.6. The van der Waals surface area contributed by atoms with Crippen LogP contribution in [0.1, 0.15) is 108 Å². The average molecular weight is 1280 g/mol. The number of benzene rings is 3. The van der Waals surface area contributed by atoms with Crippen molar-refractivity contribution in [3.8, 4) is 33.6 Å². The van der Waals surface area contributed by atoms with Crippen molar-refractivity contribution in [1.29, 1.82) is 5.26 Å². The number of aryl methyl sites for hydroxylation is 1. The van der Waals surface area contributed by atoms with Gasteiger partial charge in [0.25, 0.3) is 5.92 Å². The summed E-state index contributed by atoms with van der Waals surface area (Å²) in [5.74, 6) is -6.48. The molecule has 3 aromatic carbocycles. The molecule has 6 aromatic rings. The first-order valence-corrected chi connectivity index (χ1v) is 32.6. The molecule has 1 saturated carbocycles. The first kappa shape index (κ1) is 63.8. The number of rotatable bonds is 18. The van der Waals surface area contributed by atoms with E-state index < -0.39 is 58.8 Å². The van der Waals surface area contributed by atoms with Gasteiger partial charge in [0.05, 0.1) is 56.7 Å². The van der Waals surface area contributed by atoms with Crippen molar-refractivity contribution in [2.24, 2.45) is 11.3 Å². The Labute approximate surface area is 527 Å². The minimum Gasteiger partial charge on any atom is -0.467 e. The maximum absolute atomic E-state index is 16.5. The van der Waals surface area contributed by atoms with Gasteiger partial charge in [0.15, 0.2) is 5.82 Å². The highest BCUT2D eigenvalue weighted by Crippen LogP contribution is 2.53. The Bertz CT molecular complexity index is 3700. The maximum atomic E-state index is 16.5. The molecular formula is C64H74ClF4N11O7S2. The second-order valence-electron chi connectivity index (χ2n) is 25.2. The summed E-state index contributed by atoms with van der Waals surface area (Å²) in [5.41, 5.74) is 9.76. The van der Waals surface area contributed by atoms with Gasteiger partial charge < -0.3 is 45.3 Å². The third kappa shape index (κ3) is 13.2. The minimum atomic E-state index is -2.96. The van der Waals surface area contributed by atoms with E-state index in [4.69, 9.17) is 31.5 Å². The van der Waals surface area contributed by atoms with E-state index in [9.17, 15) is 37.6 Å². The van der Waals surface area contributed by atoms with Crippen molar-refractivity contribution in [3.63, 3.8) is 0 Å². The molecule has 474 valence electrons. The number of thiazole rings is 1. The lowest BCUT2D eigenvalue weighted by Crippen LogP contribution is -2.57. The van der Waals surface area contributed by atoms with E-state index in [0.717, 1.165) is 64.9 Å². The molecule has 6 fully saturated rings. The van der Waals surface area contributed by atoms with Crippen molar-refractivity contribution in [2.75, 3.05) is 76.8 Å². The van der Waals surface area contributed by atoms with Crippen molar-refractivity contribution >= 4 is 89.7 Å². The lowest BCUT2D eigenvalue weighted by atomic mass is 9.85. The Morgan fingerprint density at radius 2 is 1.76 bits per heavy atom. The lowest BCUT2D eigenvalue weighted by molar-refractivity contribution is -0.144. The number of amides is 4. The zero-order valence-corrected chi connectivity index (χ0v) is 53.0. The van der Waals surface area contributed by atoms with Crippen LogP contribution in [0.3, 0.4) is 0 Å². The number of nitriles is 1. The van der Waals surface area contributed by atoms with Gasteiger partial charge in [-0.3, -0.25) is 24.1 Å². The van der Waals surface area contributed by atoms with E-state index in [1.807, 2.05) is 68.4 Å². The molecule has 18 nitrogen and oxygen atoms in total. The van der Waals surface area contributed by atoms with Crippen LogP contribution in [0.4, 0.5) is 28.4 Å². The molecule has 3 aromatic heterocycles. The van der Waals surface area contributed by atoms with E-state index in [0.29, 0.717) is 89.6 Å². The highest BCUT2D eigenvalue weighted by molar-refractivity contribution is 7.23. The number of fused-ring (bicyclic) bond motifs is 3. The molecule has 6 atom stereocenters. The number of aromatic nitrogens is 3. The van der Waals surface area contributed by atoms with Crippen molar-refractivity contribution in [2.45, 2.75) is 141 Å². The molecule has 4 N–H and O–H groups in total. The Hall–Kier alpha value is -6.75. The Morgan fingerprint density at radius 1 is 0.989 bits per heavy atom. The van der Waals surface area contributed by atoms with Crippen LogP contribution in [0.2, 0.25) is 5.02 Å². The van der Waals surface area contributed by atoms with Gasteiger partial charge in [-0.05, 0) is 105 Å². The number of nitrogen functional groups attached to an aromatic ring is 1. The van der Waals surface area contributed by atoms with Crippen molar-refractivity contribution in [1.82, 2.24) is 40.3 Å². The van der Waals surface area contributed by atoms with Crippen molar-refractivity contribution < 1.29 is 51.0 Å². The van der Waals surface area contributed by atoms with Crippen LogP contribution in [0, 0.1) is 41.2 Å². The van der Waals surface area contributed by atoms with Gasteiger partial charge in [-0.25, -0.2) is 22.5 Å². The number of halogens is 5. The molecule has 25 heteroatoms. The molecule has 4 amide bonds. The SMILES string of the molecule is COc1nc(N2CCC3(CCCN3C(=O)C3CC3(F)F)C2)c2cc(Cl)c(-c3ccc(F)c4sc(N)c(C#N)c34)c(F)c2n1.Cc1ncsc1-c1ccc(CNC(=O)C2CCCN2C(=O)C(NC(=O)CCOCCCOC2CC3CCCN3C2)C(C)(C)C)cc1. The van der Waals surface area contributed by atoms with Gasteiger partial charge >= 0.3 is 6.01 Å². The summed E-state index contributed by atoms with van der Waals surface area (Å²) in [4.78, 5) is 74.9. The predicted molar refractivity (Wildman–Crippen MR) is 334 cm³/mol. The van der Waals surface area contributed by atoms with E-state index in [-0.39, 0.29) is 84.5 Å². The highest BCUT2D eigenvalue weighted by Gasteiger charge is 2.64. The fourth-order valence-electron chi connectivity index (χ4n) is 13.5. The smallest absolute Gasteiger partial charge is 0.318 e. The van der Waals surface area contributed by atoms with Crippen LogP contribution in [0.15, 0.2) is 48.0 Å². The number of anilines is 2. The van der Waals surface area contributed by atoms with Gasteiger partial charge in [-0.1, -0.05) is 62.7 Å². The van der Waals surface area contributed by atoms with Gasteiger partial charge in [0, 0.05) is 87.7 Å². The molecule has 5 saturated heterocycles. The minimum absolute atomic E-state index is 0.0213. The molecule has 1 spiro atoms. The molecule has 6 unspecified atom stereocenters. The maximum Gasteiger partial charge on any atom is 0.318 e. The summed E-state index contributed by atoms with van der Waals surface area (Å²) in [6, 6.07) is 13.4. The van der Waals surface area contributed by atoms with Gasteiger partial charge in [-0.15, -0.1) is 22.7 Å². The summed E-state index contributed by atoms with van der Waals surface area (Å²) in [6.45, 7) is 13.6. The molecule has 89 heavy (non-hydrogen) atoms. The number of likely N-dealkylation sites (tertiary alicyclic amines) is 2. The molecule has 5 aliphatic heterocycles. The molecule has 0 bridgehead atoms. The number of hydrogen-bond donors (Lipinski definition) is 3. The average Bonchev–Trinajstić information content (AvgIpc) is 1.77. The first-order chi connectivity index (χ1) is 42.6. The third-order valence-electron chi connectivity index (χ3n) is 18.3. The number of nitrogens with one attached hydrogen (secondary N) is 2. The summed E-state index contributed by atoms with van der Waals surface area (Å²) in [6.07, 6.45) is 7.84. The molecule has 8 heterocycles. The lowest BCUT2D eigenvalue weighted by Gasteiger charge is -2.35. The van der Waals surface area contributed by atoms with Crippen LogP contribution in [0.25, 0.3) is 42.6 Å². The zero-order valence-electron chi connectivity index (χ0n) is 50.6. The number of hydrogen-bond acceptors (Lipinski definition) is 16. The molecule has 12 rings (SSSR count). The van der Waals surface area contributed by atoms with Crippen LogP contribution in [0.5, 0.6) is 6.01 Å². The normalized spacial score (nSPS) is 22.4. The number of nitrogens with two attached hydrogens (primary N) is 1. The number of alkyl halides is 2. The third-order valence-corrected chi connectivity index (χ3v) is 20.6. The molecule has 0 radical (unpaired) electrons. The van der Waals surface area contributed by atoms with Crippen LogP contribution < -0.4 is 26.0 Å². The highest BCUT2D eigenvalue weighted by atomic mass is 35.5. The van der Waals surface area contributed by atoms with Crippen LogP contribution in [-0.2, 0) is 35.2 Å². The topological polar surface area (TPSA) is 221 Å². The summed E-state index contributed by atoms with van der Waals surface area (Å²) >= 11 is 9.22. The molecule has 1 aliphatic carbocycles. The Kier molecular flexibility index (Phi) is 18.8. The van der Waals surface area contributed by atoms with Gasteiger partial charge in [0.2, 0.25) is 23.6 Å². The Morgan fingerprint density at radius 3 is 2.47 bits per heavy atom.